The molecular weight excluding hydrogens is 313 g/mol. The van der Waals surface area contributed by atoms with Gasteiger partial charge in [0.1, 0.15) is 11.5 Å². The Morgan fingerprint density at radius 2 is 2.00 bits per heavy atom. The lowest BCUT2D eigenvalue weighted by molar-refractivity contribution is -0.274. The summed E-state index contributed by atoms with van der Waals surface area (Å²) in [6.45, 7) is 1.35. The number of aromatic hydroxyl groups is 1. The van der Waals surface area contributed by atoms with Gasteiger partial charge in [-0.15, -0.1) is 13.2 Å². The van der Waals surface area contributed by atoms with Crippen LogP contribution in [0.2, 0.25) is 0 Å². The number of rotatable bonds is 3. The highest BCUT2D eigenvalue weighted by atomic mass is 19.4. The van der Waals surface area contributed by atoms with E-state index in [4.69, 9.17) is 4.74 Å². The molecule has 1 aliphatic heterocycles. The Labute approximate surface area is 130 Å². The summed E-state index contributed by atoms with van der Waals surface area (Å²) in [5.41, 5.74) is 1.03. The molecule has 0 spiro atoms. The largest absolute Gasteiger partial charge is 0.573 e. The Kier molecular flexibility index (Phi) is 4.16. The highest BCUT2D eigenvalue weighted by Gasteiger charge is 2.31. The number of benzene rings is 1. The monoisotopic (exact) mass is 328 g/mol. The average Bonchev–Trinajstić information content (AvgIpc) is 2.96. The number of phenols is 1. The number of hydrogen-bond acceptors (Lipinski definition) is 4. The first kappa shape index (κ1) is 15.7. The van der Waals surface area contributed by atoms with E-state index >= 15 is 0 Å². The van der Waals surface area contributed by atoms with Gasteiger partial charge in [-0.3, -0.25) is 4.68 Å². The van der Waals surface area contributed by atoms with Gasteiger partial charge in [0.05, 0.1) is 12.2 Å². The summed E-state index contributed by atoms with van der Waals surface area (Å²) >= 11 is 0. The average molecular weight is 328 g/mol. The summed E-state index contributed by atoms with van der Waals surface area (Å²) in [4.78, 5) is 0. The van der Waals surface area contributed by atoms with Crippen LogP contribution in [0.25, 0.3) is 11.1 Å². The van der Waals surface area contributed by atoms with Crippen molar-refractivity contribution in [3.05, 3.63) is 30.6 Å². The van der Waals surface area contributed by atoms with Crippen LogP contribution in [0.15, 0.2) is 30.6 Å². The lowest BCUT2D eigenvalue weighted by Crippen LogP contribution is -2.19. The third kappa shape index (κ3) is 3.76. The third-order valence-electron chi connectivity index (χ3n) is 3.68. The molecule has 0 atom stereocenters. The van der Waals surface area contributed by atoms with Crippen molar-refractivity contribution in [2.75, 3.05) is 13.2 Å². The summed E-state index contributed by atoms with van der Waals surface area (Å²) in [6, 6.07) is 3.71. The fraction of sp³-hybridized carbons (Fsp3) is 0.400. The molecule has 5 nitrogen and oxygen atoms in total. The summed E-state index contributed by atoms with van der Waals surface area (Å²) in [5.74, 6) is -0.756. The number of halogens is 3. The first-order valence-corrected chi connectivity index (χ1v) is 7.13. The van der Waals surface area contributed by atoms with E-state index < -0.39 is 12.1 Å². The van der Waals surface area contributed by atoms with Gasteiger partial charge in [-0.2, -0.15) is 5.10 Å². The number of alkyl halides is 3. The second-order valence-corrected chi connectivity index (χ2v) is 5.28. The van der Waals surface area contributed by atoms with Gasteiger partial charge >= 0.3 is 6.36 Å². The van der Waals surface area contributed by atoms with E-state index in [0.29, 0.717) is 24.3 Å². The van der Waals surface area contributed by atoms with Gasteiger partial charge in [0, 0.05) is 36.6 Å². The first-order chi connectivity index (χ1) is 10.9. The molecule has 1 aromatic carbocycles. The minimum atomic E-state index is -4.79. The van der Waals surface area contributed by atoms with Crippen LogP contribution in [0.1, 0.15) is 18.9 Å². The molecule has 0 bridgehead atoms. The molecule has 1 aromatic heterocycles. The van der Waals surface area contributed by atoms with Crippen LogP contribution in [-0.2, 0) is 4.74 Å². The van der Waals surface area contributed by atoms with Crippen LogP contribution in [-0.4, -0.2) is 34.5 Å². The van der Waals surface area contributed by atoms with Gasteiger partial charge in [-0.05, 0) is 25.0 Å². The molecular formula is C15H15F3N2O3. The smallest absolute Gasteiger partial charge is 0.507 e. The molecule has 3 rings (SSSR count). The molecule has 1 aliphatic rings. The van der Waals surface area contributed by atoms with E-state index in [0.717, 1.165) is 25.0 Å². The van der Waals surface area contributed by atoms with E-state index in [9.17, 15) is 18.3 Å². The number of ether oxygens (including phenoxy) is 2. The zero-order chi connectivity index (χ0) is 16.4. The summed E-state index contributed by atoms with van der Waals surface area (Å²) in [5, 5.41) is 14.2. The Hall–Kier alpha value is -2.22. The highest BCUT2D eigenvalue weighted by Crippen LogP contribution is 2.34. The van der Waals surface area contributed by atoms with Crippen molar-refractivity contribution >= 4 is 0 Å². The van der Waals surface area contributed by atoms with Crippen molar-refractivity contribution in [2.45, 2.75) is 25.2 Å². The Morgan fingerprint density at radius 3 is 2.65 bits per heavy atom. The van der Waals surface area contributed by atoms with Gasteiger partial charge in [-0.1, -0.05) is 0 Å². The summed E-state index contributed by atoms with van der Waals surface area (Å²) in [7, 11) is 0. The van der Waals surface area contributed by atoms with Gasteiger partial charge in [0.2, 0.25) is 0 Å². The van der Waals surface area contributed by atoms with Gasteiger partial charge in [0.25, 0.3) is 0 Å². The predicted octanol–water partition coefficient (Wildman–Crippen LogP) is 3.51. The molecule has 2 heterocycles. The highest BCUT2D eigenvalue weighted by molar-refractivity contribution is 5.70. The lowest BCUT2D eigenvalue weighted by atomic mass is 10.1. The SMILES string of the molecule is Oc1cc(OC(F)(F)F)ccc1-c1cnn(C2CCOCC2)c1. The van der Waals surface area contributed by atoms with Gasteiger partial charge in [-0.25, -0.2) is 0 Å². The minimum absolute atomic E-state index is 0.229. The topological polar surface area (TPSA) is 56.5 Å². The molecule has 0 amide bonds. The second kappa shape index (κ2) is 6.11. The molecule has 0 radical (unpaired) electrons. The summed E-state index contributed by atoms with van der Waals surface area (Å²) < 4.78 is 47.4. The maximum absolute atomic E-state index is 12.2. The number of aromatic nitrogens is 2. The third-order valence-corrected chi connectivity index (χ3v) is 3.68. The van der Waals surface area contributed by atoms with Crippen LogP contribution < -0.4 is 4.74 Å². The van der Waals surface area contributed by atoms with Crippen molar-refractivity contribution in [2.24, 2.45) is 0 Å². The van der Waals surface area contributed by atoms with E-state index in [1.165, 1.54) is 6.07 Å². The van der Waals surface area contributed by atoms with Crippen molar-refractivity contribution in [3.63, 3.8) is 0 Å². The molecule has 0 aliphatic carbocycles. The molecule has 1 fully saturated rings. The first-order valence-electron chi connectivity index (χ1n) is 7.13. The van der Waals surface area contributed by atoms with Gasteiger partial charge < -0.3 is 14.6 Å². The molecule has 0 saturated carbocycles. The van der Waals surface area contributed by atoms with Crippen molar-refractivity contribution < 1.29 is 27.8 Å². The maximum Gasteiger partial charge on any atom is 0.573 e. The zero-order valence-corrected chi connectivity index (χ0v) is 12.1. The quantitative estimate of drug-likeness (QED) is 0.937. The fourth-order valence-corrected chi connectivity index (χ4v) is 2.58. The van der Waals surface area contributed by atoms with Crippen LogP contribution in [0.3, 0.4) is 0 Å². The van der Waals surface area contributed by atoms with Crippen molar-refractivity contribution in [1.29, 1.82) is 0 Å². The molecule has 1 N–H and O–H groups in total. The van der Waals surface area contributed by atoms with E-state index in [1.54, 1.807) is 17.1 Å². The van der Waals surface area contributed by atoms with E-state index in [1.807, 2.05) is 0 Å². The maximum atomic E-state index is 12.2. The van der Waals surface area contributed by atoms with E-state index in [2.05, 4.69) is 9.84 Å². The Balaban J connectivity index is 1.80. The normalized spacial score (nSPS) is 16.5. The van der Waals surface area contributed by atoms with Crippen molar-refractivity contribution in [1.82, 2.24) is 9.78 Å². The Morgan fingerprint density at radius 1 is 1.26 bits per heavy atom. The van der Waals surface area contributed by atoms with Crippen molar-refractivity contribution in [3.8, 4) is 22.6 Å². The number of hydrogen-bond donors (Lipinski definition) is 1. The minimum Gasteiger partial charge on any atom is -0.507 e. The second-order valence-electron chi connectivity index (χ2n) is 5.28. The molecule has 2 aromatic rings. The number of nitrogens with zero attached hydrogens (tertiary/aromatic N) is 2. The van der Waals surface area contributed by atoms with Gasteiger partial charge in [0.15, 0.2) is 0 Å². The van der Waals surface area contributed by atoms with Crippen LogP contribution >= 0.6 is 0 Å². The predicted molar refractivity (Wildman–Crippen MR) is 75.1 cm³/mol. The van der Waals surface area contributed by atoms with Crippen LogP contribution in [0.4, 0.5) is 13.2 Å². The lowest BCUT2D eigenvalue weighted by Gasteiger charge is -2.22. The van der Waals surface area contributed by atoms with Crippen LogP contribution in [0, 0.1) is 0 Å². The Bertz CT molecular complexity index is 679. The molecule has 23 heavy (non-hydrogen) atoms. The standard InChI is InChI=1S/C15H15F3N2O3/c16-15(17,18)23-12-1-2-13(14(21)7-12)10-8-19-20(9-10)11-3-5-22-6-4-11/h1-2,7-9,11,21H,3-6H2. The molecule has 8 heteroatoms. The molecule has 1 saturated heterocycles. The van der Waals surface area contributed by atoms with Crippen LogP contribution in [0.5, 0.6) is 11.5 Å². The summed E-state index contributed by atoms with van der Waals surface area (Å²) in [6.07, 6.45) is 0.267. The fourth-order valence-electron chi connectivity index (χ4n) is 2.58. The molecule has 0 unspecified atom stereocenters. The number of phenolic OH excluding ortho intramolecular Hbond substituents is 1. The molecule has 124 valence electrons. The zero-order valence-electron chi connectivity index (χ0n) is 12.1. The van der Waals surface area contributed by atoms with E-state index in [-0.39, 0.29) is 11.8 Å².